The fourth-order valence-corrected chi connectivity index (χ4v) is 4.30. The molecule has 0 saturated heterocycles. The van der Waals surface area contributed by atoms with Crippen LogP contribution in [-0.4, -0.2) is 67.1 Å². The summed E-state index contributed by atoms with van der Waals surface area (Å²) in [6.07, 6.45) is 14.8. The number of hydrogen-bond acceptors (Lipinski definition) is 5. The van der Waals surface area contributed by atoms with Gasteiger partial charge in [0.15, 0.2) is 0 Å². The van der Waals surface area contributed by atoms with Crippen molar-refractivity contribution in [1.82, 2.24) is 9.80 Å². The lowest BCUT2D eigenvalue weighted by atomic mass is 10.2. The first-order valence-corrected chi connectivity index (χ1v) is 14.6. The highest BCUT2D eigenvalue weighted by molar-refractivity contribution is 5.30. The maximum absolute atomic E-state index is 9.66. The lowest BCUT2D eigenvalue weighted by molar-refractivity contribution is -0.0997. The predicted octanol–water partition coefficient (Wildman–Crippen LogP) is 7.48. The molecule has 0 aliphatic rings. The van der Waals surface area contributed by atoms with Crippen molar-refractivity contribution in [3.8, 4) is 11.5 Å². The van der Waals surface area contributed by atoms with Crippen LogP contribution in [0.1, 0.15) is 105 Å². The van der Waals surface area contributed by atoms with Crippen LogP contribution in [0.5, 0.6) is 11.5 Å². The van der Waals surface area contributed by atoms with Gasteiger partial charge >= 0.3 is 0 Å². The first-order valence-electron chi connectivity index (χ1n) is 14.6. The summed E-state index contributed by atoms with van der Waals surface area (Å²) in [7, 11) is 0. The molecule has 5 heteroatoms. The van der Waals surface area contributed by atoms with Gasteiger partial charge in [-0.1, -0.05) is 79.1 Å². The van der Waals surface area contributed by atoms with Gasteiger partial charge in [-0.25, -0.2) is 0 Å². The van der Waals surface area contributed by atoms with Gasteiger partial charge < -0.3 is 19.5 Å². The molecule has 1 unspecified atom stereocenters. The molecule has 0 saturated carbocycles. The van der Waals surface area contributed by atoms with E-state index in [9.17, 15) is 5.11 Å². The Balaban J connectivity index is 2.75. The van der Waals surface area contributed by atoms with Crippen LogP contribution in [0.15, 0.2) is 24.3 Å². The van der Waals surface area contributed by atoms with Crippen LogP contribution >= 0.6 is 0 Å². The SMILES string of the molecule is CCCCCN(CCCCC)CCOC(CN(CCCCC)CCCCC)Oc1ccc(O)cc1. The van der Waals surface area contributed by atoms with Gasteiger partial charge in [-0.05, 0) is 76.1 Å². The number of hydrogen-bond donors (Lipinski definition) is 1. The maximum Gasteiger partial charge on any atom is 0.212 e. The van der Waals surface area contributed by atoms with E-state index in [-0.39, 0.29) is 12.0 Å². The minimum atomic E-state index is -0.309. The number of phenols is 1. The van der Waals surface area contributed by atoms with Crippen LogP contribution in [0.25, 0.3) is 0 Å². The van der Waals surface area contributed by atoms with E-state index in [1.807, 2.05) is 12.1 Å². The molecular formula is C30H56N2O3. The largest absolute Gasteiger partial charge is 0.508 e. The zero-order valence-corrected chi connectivity index (χ0v) is 23.5. The highest BCUT2D eigenvalue weighted by atomic mass is 16.7. The van der Waals surface area contributed by atoms with Crippen molar-refractivity contribution in [2.45, 2.75) is 111 Å². The van der Waals surface area contributed by atoms with E-state index in [4.69, 9.17) is 9.47 Å². The van der Waals surface area contributed by atoms with E-state index in [2.05, 4.69) is 37.5 Å². The van der Waals surface area contributed by atoms with Crippen LogP contribution < -0.4 is 4.74 Å². The number of nitrogens with zero attached hydrogens (tertiary/aromatic N) is 2. The molecule has 1 N–H and O–H groups in total. The first-order chi connectivity index (χ1) is 17.1. The summed E-state index contributed by atoms with van der Waals surface area (Å²) >= 11 is 0. The average molecular weight is 493 g/mol. The van der Waals surface area contributed by atoms with E-state index in [1.165, 1.54) is 77.0 Å². The van der Waals surface area contributed by atoms with Crippen LogP contribution in [0, 0.1) is 0 Å². The van der Waals surface area contributed by atoms with Crippen molar-refractivity contribution in [1.29, 1.82) is 0 Å². The summed E-state index contributed by atoms with van der Waals surface area (Å²) in [6.45, 7) is 16.0. The van der Waals surface area contributed by atoms with Gasteiger partial charge in [-0.2, -0.15) is 0 Å². The second-order valence-electron chi connectivity index (χ2n) is 9.88. The number of phenolic OH excluding ortho intramolecular Hbond substituents is 1. The van der Waals surface area contributed by atoms with Crippen LogP contribution in [0.3, 0.4) is 0 Å². The average Bonchev–Trinajstić information content (AvgIpc) is 2.85. The molecule has 0 amide bonds. The zero-order valence-electron chi connectivity index (χ0n) is 23.5. The molecule has 0 heterocycles. The van der Waals surface area contributed by atoms with E-state index >= 15 is 0 Å². The predicted molar refractivity (Wildman–Crippen MR) is 149 cm³/mol. The van der Waals surface area contributed by atoms with E-state index in [1.54, 1.807) is 12.1 Å². The number of ether oxygens (including phenoxy) is 2. The van der Waals surface area contributed by atoms with Gasteiger partial charge in [0, 0.05) is 6.54 Å². The quantitative estimate of drug-likeness (QED) is 0.120. The van der Waals surface area contributed by atoms with Crippen LogP contribution in [-0.2, 0) is 4.74 Å². The molecule has 0 radical (unpaired) electrons. The topological polar surface area (TPSA) is 45.2 Å². The third kappa shape index (κ3) is 16.9. The minimum absolute atomic E-state index is 0.255. The molecule has 0 spiro atoms. The summed E-state index contributed by atoms with van der Waals surface area (Å²) < 4.78 is 12.7. The molecule has 1 aromatic rings. The molecule has 1 aromatic carbocycles. The fourth-order valence-electron chi connectivity index (χ4n) is 4.30. The molecular weight excluding hydrogens is 436 g/mol. The Morgan fingerprint density at radius 3 is 1.54 bits per heavy atom. The molecule has 0 aliphatic heterocycles. The lowest BCUT2D eigenvalue weighted by Gasteiger charge is -2.29. The smallest absolute Gasteiger partial charge is 0.212 e. The molecule has 0 aliphatic carbocycles. The van der Waals surface area contributed by atoms with Crippen molar-refractivity contribution >= 4 is 0 Å². The van der Waals surface area contributed by atoms with Crippen molar-refractivity contribution in [3.63, 3.8) is 0 Å². The Labute approximate surface area is 217 Å². The van der Waals surface area contributed by atoms with E-state index in [0.29, 0.717) is 6.61 Å². The standard InChI is InChI=1S/C30H56N2O3/c1-5-9-13-21-31(22-14-10-6-2)25-26-34-30(35-29-19-17-28(33)18-20-29)27-32(23-15-11-7-3)24-16-12-8-4/h17-20,30,33H,5-16,21-27H2,1-4H3. The van der Waals surface area contributed by atoms with Gasteiger partial charge in [0.25, 0.3) is 0 Å². The van der Waals surface area contributed by atoms with Gasteiger partial charge in [0.2, 0.25) is 6.29 Å². The molecule has 1 atom stereocenters. The molecule has 204 valence electrons. The van der Waals surface area contributed by atoms with Crippen molar-refractivity contribution < 1.29 is 14.6 Å². The summed E-state index contributed by atoms with van der Waals surface area (Å²) in [6, 6.07) is 7.00. The highest BCUT2D eigenvalue weighted by Crippen LogP contribution is 2.18. The Morgan fingerprint density at radius 1 is 0.629 bits per heavy atom. The van der Waals surface area contributed by atoms with Crippen molar-refractivity contribution in [3.05, 3.63) is 24.3 Å². The van der Waals surface area contributed by atoms with Crippen LogP contribution in [0.4, 0.5) is 0 Å². The summed E-state index contributed by atoms with van der Waals surface area (Å²) in [5.41, 5.74) is 0. The molecule has 5 nitrogen and oxygen atoms in total. The minimum Gasteiger partial charge on any atom is -0.508 e. The highest BCUT2D eigenvalue weighted by Gasteiger charge is 2.17. The maximum atomic E-state index is 9.66. The van der Waals surface area contributed by atoms with Crippen LogP contribution in [0.2, 0.25) is 0 Å². The Morgan fingerprint density at radius 2 is 1.09 bits per heavy atom. The number of unbranched alkanes of at least 4 members (excludes halogenated alkanes) is 8. The third-order valence-electron chi connectivity index (χ3n) is 6.53. The normalized spacial score (nSPS) is 12.5. The van der Waals surface area contributed by atoms with Gasteiger partial charge in [-0.15, -0.1) is 0 Å². The van der Waals surface area contributed by atoms with Crippen molar-refractivity contribution in [2.75, 3.05) is 45.9 Å². The Bertz CT molecular complexity index is 561. The van der Waals surface area contributed by atoms with Gasteiger partial charge in [-0.3, -0.25) is 4.90 Å². The van der Waals surface area contributed by atoms with E-state index in [0.717, 1.165) is 45.0 Å². The molecule has 0 aromatic heterocycles. The lowest BCUT2D eigenvalue weighted by Crippen LogP contribution is -2.40. The Hall–Kier alpha value is -1.30. The summed E-state index contributed by atoms with van der Waals surface area (Å²) in [5.74, 6) is 1.00. The second-order valence-corrected chi connectivity index (χ2v) is 9.88. The van der Waals surface area contributed by atoms with Crippen molar-refractivity contribution in [2.24, 2.45) is 0 Å². The number of aromatic hydroxyl groups is 1. The molecule has 1 rings (SSSR count). The molecule has 0 fully saturated rings. The molecule has 0 bridgehead atoms. The number of benzene rings is 1. The summed E-state index contributed by atoms with van der Waals surface area (Å²) in [5, 5.41) is 9.66. The Kier molecular flexibility index (Phi) is 19.9. The summed E-state index contributed by atoms with van der Waals surface area (Å²) in [4.78, 5) is 5.10. The van der Waals surface area contributed by atoms with E-state index < -0.39 is 0 Å². The molecule has 35 heavy (non-hydrogen) atoms. The third-order valence-corrected chi connectivity index (χ3v) is 6.53. The first kappa shape index (κ1) is 31.7. The zero-order chi connectivity index (χ0) is 25.6. The van der Waals surface area contributed by atoms with Gasteiger partial charge in [0.05, 0.1) is 13.2 Å². The number of rotatable bonds is 24. The monoisotopic (exact) mass is 492 g/mol. The second kappa shape index (κ2) is 21.9. The fraction of sp³-hybridized carbons (Fsp3) is 0.800. The van der Waals surface area contributed by atoms with Gasteiger partial charge in [0.1, 0.15) is 11.5 Å².